The first-order valence-corrected chi connectivity index (χ1v) is 13.5. The molecule has 35 heavy (non-hydrogen) atoms. The maximum atomic E-state index is 14.3. The molecule has 0 heterocycles. The summed E-state index contributed by atoms with van der Waals surface area (Å²) in [4.78, 5) is 12.4. The maximum absolute atomic E-state index is 14.3. The normalized spacial score (nSPS) is 10.8. The van der Waals surface area contributed by atoms with Gasteiger partial charge in [-0.25, -0.2) is 9.18 Å². The van der Waals surface area contributed by atoms with Crippen LogP contribution in [0.3, 0.4) is 0 Å². The summed E-state index contributed by atoms with van der Waals surface area (Å²) in [6, 6.07) is 11.1. The highest BCUT2D eigenvalue weighted by atomic mass is 19.1. The van der Waals surface area contributed by atoms with Gasteiger partial charge in [0.1, 0.15) is 11.5 Å². The minimum atomic E-state index is -0.539. The van der Waals surface area contributed by atoms with Gasteiger partial charge in [-0.05, 0) is 49.2 Å². The molecule has 0 aliphatic heterocycles. The van der Waals surface area contributed by atoms with Crippen LogP contribution in [0.15, 0.2) is 42.5 Å². The first kappa shape index (κ1) is 28.7. The molecule has 2 rings (SSSR count). The van der Waals surface area contributed by atoms with Gasteiger partial charge in [0, 0.05) is 6.07 Å². The summed E-state index contributed by atoms with van der Waals surface area (Å²) in [5.74, 6) is -0.0203. The van der Waals surface area contributed by atoms with E-state index in [0.29, 0.717) is 18.8 Å². The summed E-state index contributed by atoms with van der Waals surface area (Å²) in [5, 5.41) is 0. The molecule has 0 radical (unpaired) electrons. The van der Waals surface area contributed by atoms with Crippen molar-refractivity contribution in [1.29, 1.82) is 0 Å². The molecule has 0 saturated carbocycles. The molecular weight excluding hydrogens is 443 g/mol. The van der Waals surface area contributed by atoms with Gasteiger partial charge in [-0.3, -0.25) is 0 Å². The second kappa shape index (κ2) is 17.8. The molecule has 194 valence electrons. The molecular formula is C30H43FO4. The van der Waals surface area contributed by atoms with Gasteiger partial charge in [-0.15, -0.1) is 0 Å². The number of hydrogen-bond acceptors (Lipinski definition) is 4. The molecule has 4 nitrogen and oxygen atoms in total. The van der Waals surface area contributed by atoms with Crippen molar-refractivity contribution in [3.63, 3.8) is 0 Å². The third-order valence-electron chi connectivity index (χ3n) is 5.98. The predicted octanol–water partition coefficient (Wildman–Crippen LogP) is 8.91. The number of carbonyl (C=O) groups is 1. The fourth-order valence-corrected chi connectivity index (χ4v) is 3.83. The van der Waals surface area contributed by atoms with Crippen LogP contribution in [0.2, 0.25) is 0 Å². The van der Waals surface area contributed by atoms with E-state index in [0.717, 1.165) is 37.9 Å². The van der Waals surface area contributed by atoms with E-state index < -0.39 is 11.8 Å². The first-order chi connectivity index (χ1) is 17.1. The highest BCUT2D eigenvalue weighted by Gasteiger charge is 2.12. The Morgan fingerprint density at radius 3 is 1.77 bits per heavy atom. The van der Waals surface area contributed by atoms with Crippen molar-refractivity contribution >= 4 is 5.97 Å². The summed E-state index contributed by atoms with van der Waals surface area (Å²) >= 11 is 0. The molecule has 0 bridgehead atoms. The molecule has 0 aliphatic carbocycles. The second-order valence-electron chi connectivity index (χ2n) is 9.09. The molecule has 0 spiro atoms. The molecule has 0 aliphatic rings. The second-order valence-corrected chi connectivity index (χ2v) is 9.09. The van der Waals surface area contributed by atoms with Crippen LogP contribution in [0.5, 0.6) is 17.2 Å². The van der Waals surface area contributed by atoms with Crippen molar-refractivity contribution in [3.05, 3.63) is 53.8 Å². The van der Waals surface area contributed by atoms with Crippen molar-refractivity contribution in [2.24, 2.45) is 0 Å². The van der Waals surface area contributed by atoms with Crippen molar-refractivity contribution in [2.75, 3.05) is 13.2 Å². The van der Waals surface area contributed by atoms with Crippen LogP contribution in [0.25, 0.3) is 0 Å². The van der Waals surface area contributed by atoms with Crippen LogP contribution in [0, 0.1) is 5.82 Å². The van der Waals surface area contributed by atoms with E-state index in [1.807, 2.05) is 0 Å². The average Bonchev–Trinajstić information content (AvgIpc) is 2.86. The number of halogens is 1. The van der Waals surface area contributed by atoms with Crippen molar-refractivity contribution in [1.82, 2.24) is 0 Å². The van der Waals surface area contributed by atoms with Crippen LogP contribution in [0.4, 0.5) is 4.39 Å². The van der Waals surface area contributed by atoms with Crippen LogP contribution in [0.1, 0.15) is 108 Å². The minimum Gasteiger partial charge on any atom is -0.494 e. The van der Waals surface area contributed by atoms with Crippen LogP contribution < -0.4 is 14.2 Å². The Bertz CT molecular complexity index is 835. The van der Waals surface area contributed by atoms with Crippen molar-refractivity contribution in [3.8, 4) is 17.2 Å². The molecule has 0 saturated heterocycles. The summed E-state index contributed by atoms with van der Waals surface area (Å²) < 4.78 is 30.9. The van der Waals surface area contributed by atoms with Gasteiger partial charge in [0.2, 0.25) is 0 Å². The van der Waals surface area contributed by atoms with E-state index in [1.54, 1.807) is 30.3 Å². The van der Waals surface area contributed by atoms with Gasteiger partial charge in [0.05, 0.1) is 18.8 Å². The minimum absolute atomic E-state index is 0.150. The summed E-state index contributed by atoms with van der Waals surface area (Å²) in [6.07, 6.45) is 15.7. The van der Waals surface area contributed by atoms with Gasteiger partial charge in [-0.2, -0.15) is 0 Å². The number of ether oxygens (including phenoxy) is 3. The zero-order chi connectivity index (χ0) is 25.1. The standard InChI is InChI=1S/C30H43FO4/c1-3-5-7-9-10-11-12-13-15-22-33-26-18-16-25(17-19-26)30(32)35-27-20-21-29(28(31)24-27)34-23-14-8-6-4-2/h16-21,24H,3-15,22-23H2,1-2H3. The van der Waals surface area contributed by atoms with E-state index in [-0.39, 0.29) is 11.5 Å². The molecule has 2 aromatic carbocycles. The molecule has 0 amide bonds. The van der Waals surface area contributed by atoms with Gasteiger partial charge in [0.15, 0.2) is 11.6 Å². The molecule has 0 N–H and O–H groups in total. The molecule has 0 aromatic heterocycles. The monoisotopic (exact) mass is 486 g/mol. The Morgan fingerprint density at radius 2 is 1.17 bits per heavy atom. The Kier molecular flexibility index (Phi) is 14.6. The number of carbonyl (C=O) groups excluding carboxylic acids is 1. The Hall–Kier alpha value is -2.56. The number of rotatable bonds is 19. The molecule has 0 atom stereocenters. The number of benzene rings is 2. The van der Waals surface area contributed by atoms with E-state index >= 15 is 0 Å². The fraction of sp³-hybridized carbons (Fsp3) is 0.567. The maximum Gasteiger partial charge on any atom is 0.343 e. The SMILES string of the molecule is CCCCCCCCCCCOc1ccc(C(=O)Oc2ccc(OCCCCCC)c(F)c2)cc1. The predicted molar refractivity (Wildman–Crippen MR) is 140 cm³/mol. The summed E-state index contributed by atoms with van der Waals surface area (Å²) in [7, 11) is 0. The van der Waals surface area contributed by atoms with E-state index in [9.17, 15) is 9.18 Å². The zero-order valence-electron chi connectivity index (χ0n) is 21.7. The Morgan fingerprint density at radius 1 is 0.657 bits per heavy atom. The van der Waals surface area contributed by atoms with Gasteiger partial charge < -0.3 is 14.2 Å². The number of hydrogen-bond donors (Lipinski definition) is 0. The molecule has 2 aromatic rings. The number of esters is 1. The fourth-order valence-electron chi connectivity index (χ4n) is 3.83. The molecule has 5 heteroatoms. The van der Waals surface area contributed by atoms with Crippen molar-refractivity contribution < 1.29 is 23.4 Å². The quantitative estimate of drug-likeness (QED) is 0.113. The Labute approximate surface area is 211 Å². The van der Waals surface area contributed by atoms with E-state index in [2.05, 4.69) is 13.8 Å². The van der Waals surface area contributed by atoms with Crippen LogP contribution >= 0.6 is 0 Å². The lowest BCUT2D eigenvalue weighted by atomic mass is 10.1. The third kappa shape index (κ3) is 12.1. The topological polar surface area (TPSA) is 44.8 Å². The van der Waals surface area contributed by atoms with Gasteiger partial charge >= 0.3 is 5.97 Å². The van der Waals surface area contributed by atoms with E-state index in [1.165, 1.54) is 63.5 Å². The lowest BCUT2D eigenvalue weighted by Crippen LogP contribution is -2.09. The van der Waals surface area contributed by atoms with Gasteiger partial charge in [0.25, 0.3) is 0 Å². The highest BCUT2D eigenvalue weighted by Crippen LogP contribution is 2.24. The third-order valence-corrected chi connectivity index (χ3v) is 5.98. The zero-order valence-corrected chi connectivity index (χ0v) is 21.7. The van der Waals surface area contributed by atoms with Crippen LogP contribution in [-0.2, 0) is 0 Å². The first-order valence-electron chi connectivity index (χ1n) is 13.5. The largest absolute Gasteiger partial charge is 0.494 e. The Balaban J connectivity index is 1.66. The lowest BCUT2D eigenvalue weighted by Gasteiger charge is -2.10. The number of unbranched alkanes of at least 4 members (excludes halogenated alkanes) is 11. The van der Waals surface area contributed by atoms with E-state index in [4.69, 9.17) is 14.2 Å². The average molecular weight is 487 g/mol. The van der Waals surface area contributed by atoms with Crippen LogP contribution in [-0.4, -0.2) is 19.2 Å². The van der Waals surface area contributed by atoms with Gasteiger partial charge in [-0.1, -0.05) is 84.5 Å². The molecule has 0 fully saturated rings. The smallest absolute Gasteiger partial charge is 0.343 e. The molecule has 0 unspecified atom stereocenters. The summed E-state index contributed by atoms with van der Waals surface area (Å²) in [6.45, 7) is 5.53. The summed E-state index contributed by atoms with van der Waals surface area (Å²) in [5.41, 5.74) is 0.386. The highest BCUT2D eigenvalue weighted by molar-refractivity contribution is 5.91. The van der Waals surface area contributed by atoms with Crippen molar-refractivity contribution in [2.45, 2.75) is 97.3 Å². The lowest BCUT2D eigenvalue weighted by molar-refractivity contribution is 0.0734.